The maximum absolute atomic E-state index is 12.7. The van der Waals surface area contributed by atoms with Crippen LogP contribution in [0.25, 0.3) is 0 Å². The number of amides is 2. The van der Waals surface area contributed by atoms with Crippen LogP contribution >= 0.6 is 0 Å². The van der Waals surface area contributed by atoms with Crippen LogP contribution < -0.4 is 0 Å². The van der Waals surface area contributed by atoms with E-state index in [-0.39, 0.29) is 11.3 Å². The van der Waals surface area contributed by atoms with E-state index in [4.69, 9.17) is 0 Å². The number of piperidine rings is 2. The molecular weight excluding hydrogens is 276 g/mol. The molecular formula is C18H30N2O2. The number of carbonyl (C=O) groups is 2. The van der Waals surface area contributed by atoms with Gasteiger partial charge in [-0.05, 0) is 44.9 Å². The monoisotopic (exact) mass is 306 g/mol. The Bertz CT molecular complexity index is 415. The Hall–Kier alpha value is -1.06. The molecule has 0 bridgehead atoms. The van der Waals surface area contributed by atoms with Crippen LogP contribution in [0.2, 0.25) is 0 Å². The highest BCUT2D eigenvalue weighted by atomic mass is 16.2. The average Bonchev–Trinajstić information content (AvgIpc) is 3.02. The van der Waals surface area contributed by atoms with Crippen LogP contribution in [0.15, 0.2) is 0 Å². The molecule has 1 saturated carbocycles. The molecule has 0 N–H and O–H groups in total. The van der Waals surface area contributed by atoms with E-state index in [0.29, 0.717) is 11.8 Å². The zero-order chi connectivity index (χ0) is 15.6. The van der Waals surface area contributed by atoms with Gasteiger partial charge in [0.2, 0.25) is 11.8 Å². The fourth-order valence-corrected chi connectivity index (χ4v) is 4.45. The molecule has 0 spiro atoms. The molecule has 0 aromatic rings. The first-order chi connectivity index (χ1) is 10.6. The molecule has 124 valence electrons. The van der Waals surface area contributed by atoms with Gasteiger partial charge in [-0.2, -0.15) is 0 Å². The van der Waals surface area contributed by atoms with Crippen LogP contribution in [0.4, 0.5) is 0 Å². The van der Waals surface area contributed by atoms with Crippen LogP contribution in [0.3, 0.4) is 0 Å². The summed E-state index contributed by atoms with van der Waals surface area (Å²) in [5.74, 6) is 0.839. The minimum absolute atomic E-state index is 0.121. The molecule has 3 fully saturated rings. The summed E-state index contributed by atoms with van der Waals surface area (Å²) < 4.78 is 0. The largest absolute Gasteiger partial charge is 0.342 e. The third kappa shape index (κ3) is 3.16. The van der Waals surface area contributed by atoms with E-state index < -0.39 is 0 Å². The van der Waals surface area contributed by atoms with Crippen LogP contribution in [-0.4, -0.2) is 47.8 Å². The minimum atomic E-state index is -0.121. The summed E-state index contributed by atoms with van der Waals surface area (Å²) in [6, 6.07) is 0. The molecule has 0 radical (unpaired) electrons. The number of likely N-dealkylation sites (tertiary alicyclic amines) is 2. The predicted octanol–water partition coefficient (Wildman–Crippen LogP) is 2.82. The van der Waals surface area contributed by atoms with Gasteiger partial charge in [0.05, 0.1) is 0 Å². The van der Waals surface area contributed by atoms with Gasteiger partial charge in [0.25, 0.3) is 0 Å². The minimum Gasteiger partial charge on any atom is -0.342 e. The fraction of sp³-hybridized carbons (Fsp3) is 0.889. The fourth-order valence-electron chi connectivity index (χ4n) is 4.45. The lowest BCUT2D eigenvalue weighted by Crippen LogP contribution is -2.48. The quantitative estimate of drug-likeness (QED) is 0.787. The zero-order valence-corrected chi connectivity index (χ0v) is 14.0. The summed E-state index contributed by atoms with van der Waals surface area (Å²) in [7, 11) is 0. The van der Waals surface area contributed by atoms with Gasteiger partial charge >= 0.3 is 0 Å². The van der Waals surface area contributed by atoms with Crippen LogP contribution in [0.5, 0.6) is 0 Å². The van der Waals surface area contributed by atoms with E-state index in [1.54, 1.807) is 0 Å². The normalized spacial score (nSPS) is 26.2. The van der Waals surface area contributed by atoms with Crippen molar-refractivity contribution in [3.63, 3.8) is 0 Å². The number of rotatable bonds is 2. The smallest absolute Gasteiger partial charge is 0.228 e. The third-order valence-corrected chi connectivity index (χ3v) is 6.02. The van der Waals surface area contributed by atoms with Crippen molar-refractivity contribution in [2.24, 2.45) is 11.3 Å². The summed E-state index contributed by atoms with van der Waals surface area (Å²) in [5, 5.41) is 0. The first-order valence-electron chi connectivity index (χ1n) is 9.18. The van der Waals surface area contributed by atoms with Gasteiger partial charge < -0.3 is 9.80 Å². The number of nitrogens with zero attached hydrogens (tertiary/aromatic N) is 2. The SMILES string of the molecule is CC1(C(=O)N2CCC(C(=O)N3CCCCC3)CC2)CCCC1. The van der Waals surface area contributed by atoms with Crippen molar-refractivity contribution >= 4 is 11.8 Å². The maximum Gasteiger partial charge on any atom is 0.228 e. The summed E-state index contributed by atoms with van der Waals surface area (Å²) in [6.07, 6.45) is 9.74. The topological polar surface area (TPSA) is 40.6 Å². The van der Waals surface area contributed by atoms with E-state index in [1.165, 1.54) is 19.3 Å². The van der Waals surface area contributed by atoms with E-state index in [9.17, 15) is 9.59 Å². The summed E-state index contributed by atoms with van der Waals surface area (Å²) in [4.78, 5) is 29.4. The highest BCUT2D eigenvalue weighted by Gasteiger charge is 2.40. The van der Waals surface area contributed by atoms with Gasteiger partial charge in [-0.3, -0.25) is 9.59 Å². The molecule has 0 atom stereocenters. The Morgan fingerprint density at radius 1 is 0.818 bits per heavy atom. The maximum atomic E-state index is 12.7. The standard InChI is InChI=1S/C18H30N2O2/c1-18(9-3-4-10-18)17(22)20-13-7-15(8-14-20)16(21)19-11-5-2-6-12-19/h15H,2-14H2,1H3. The molecule has 1 aliphatic carbocycles. The molecule has 3 aliphatic rings. The predicted molar refractivity (Wildman–Crippen MR) is 86.3 cm³/mol. The molecule has 4 heteroatoms. The lowest BCUT2D eigenvalue weighted by molar-refractivity contribution is -0.146. The first-order valence-corrected chi connectivity index (χ1v) is 9.18. The Kier molecular flexibility index (Phi) is 4.74. The molecule has 2 amide bonds. The molecule has 0 aromatic carbocycles. The summed E-state index contributed by atoms with van der Waals surface area (Å²) in [6.45, 7) is 5.57. The molecule has 3 rings (SSSR count). The highest BCUT2D eigenvalue weighted by molar-refractivity contribution is 5.83. The van der Waals surface area contributed by atoms with Gasteiger partial charge in [-0.1, -0.05) is 19.8 Å². The van der Waals surface area contributed by atoms with Gasteiger partial charge in [0.15, 0.2) is 0 Å². The molecule has 2 aliphatic heterocycles. The Morgan fingerprint density at radius 3 is 2.00 bits per heavy atom. The molecule has 2 heterocycles. The van der Waals surface area contributed by atoms with Crippen molar-refractivity contribution < 1.29 is 9.59 Å². The second-order valence-electron chi connectivity index (χ2n) is 7.72. The van der Waals surface area contributed by atoms with Crippen molar-refractivity contribution in [2.45, 2.75) is 64.7 Å². The molecule has 4 nitrogen and oxygen atoms in total. The zero-order valence-electron chi connectivity index (χ0n) is 14.0. The lowest BCUT2D eigenvalue weighted by Gasteiger charge is -2.38. The van der Waals surface area contributed by atoms with Crippen LogP contribution in [-0.2, 0) is 9.59 Å². The summed E-state index contributed by atoms with van der Waals surface area (Å²) in [5.41, 5.74) is -0.121. The van der Waals surface area contributed by atoms with Crippen LogP contribution in [0.1, 0.15) is 64.7 Å². The molecule has 0 aromatic heterocycles. The van der Waals surface area contributed by atoms with Crippen molar-refractivity contribution in [1.29, 1.82) is 0 Å². The number of hydrogen-bond donors (Lipinski definition) is 0. The lowest BCUT2D eigenvalue weighted by atomic mass is 9.85. The second kappa shape index (κ2) is 6.59. The number of hydrogen-bond acceptors (Lipinski definition) is 2. The van der Waals surface area contributed by atoms with Crippen molar-refractivity contribution in [1.82, 2.24) is 9.80 Å². The van der Waals surface area contributed by atoms with Crippen molar-refractivity contribution in [3.05, 3.63) is 0 Å². The second-order valence-corrected chi connectivity index (χ2v) is 7.72. The number of carbonyl (C=O) groups excluding carboxylic acids is 2. The van der Waals surface area contributed by atoms with Crippen molar-refractivity contribution in [2.75, 3.05) is 26.2 Å². The van der Waals surface area contributed by atoms with Gasteiger partial charge in [0, 0.05) is 37.5 Å². The third-order valence-electron chi connectivity index (χ3n) is 6.02. The Balaban J connectivity index is 1.51. The van der Waals surface area contributed by atoms with Gasteiger partial charge in [0.1, 0.15) is 0 Å². The van der Waals surface area contributed by atoms with E-state index in [0.717, 1.165) is 64.7 Å². The van der Waals surface area contributed by atoms with E-state index >= 15 is 0 Å². The first kappa shape index (κ1) is 15.8. The highest BCUT2D eigenvalue weighted by Crippen LogP contribution is 2.40. The molecule has 2 saturated heterocycles. The molecule has 0 unspecified atom stereocenters. The summed E-state index contributed by atoms with van der Waals surface area (Å²) >= 11 is 0. The van der Waals surface area contributed by atoms with Gasteiger partial charge in [-0.15, -0.1) is 0 Å². The van der Waals surface area contributed by atoms with E-state index in [1.807, 2.05) is 4.90 Å². The Labute approximate surface area is 134 Å². The van der Waals surface area contributed by atoms with Crippen molar-refractivity contribution in [3.8, 4) is 0 Å². The average molecular weight is 306 g/mol. The van der Waals surface area contributed by atoms with Crippen LogP contribution in [0, 0.1) is 11.3 Å². The van der Waals surface area contributed by atoms with Gasteiger partial charge in [-0.25, -0.2) is 0 Å². The van der Waals surface area contributed by atoms with E-state index in [2.05, 4.69) is 11.8 Å². The molecule has 22 heavy (non-hydrogen) atoms. The Morgan fingerprint density at radius 2 is 1.41 bits per heavy atom.